The van der Waals surface area contributed by atoms with Crippen LogP contribution in [0, 0.1) is 5.82 Å². The molecule has 3 aromatic rings. The van der Waals surface area contributed by atoms with Gasteiger partial charge in [0.25, 0.3) is 0 Å². The third-order valence-corrected chi connectivity index (χ3v) is 3.76. The van der Waals surface area contributed by atoms with E-state index in [1.807, 2.05) is 30.3 Å². The van der Waals surface area contributed by atoms with Gasteiger partial charge in [-0.15, -0.1) is 0 Å². The average Bonchev–Trinajstić information content (AvgIpc) is 2.49. The number of hydrogen-bond donors (Lipinski definition) is 1. The van der Waals surface area contributed by atoms with Crippen LogP contribution in [0.1, 0.15) is 5.56 Å². The van der Waals surface area contributed by atoms with Gasteiger partial charge in [0.1, 0.15) is 18.2 Å². The summed E-state index contributed by atoms with van der Waals surface area (Å²) in [4.78, 5) is 4.35. The van der Waals surface area contributed by atoms with Crippen LogP contribution < -0.4 is 10.5 Å². The van der Waals surface area contributed by atoms with Gasteiger partial charge in [-0.05, 0) is 28.1 Å². The van der Waals surface area contributed by atoms with Crippen molar-refractivity contribution in [1.29, 1.82) is 0 Å². The number of aromatic nitrogens is 1. The summed E-state index contributed by atoms with van der Waals surface area (Å²) in [7, 11) is 0. The topological polar surface area (TPSA) is 48.1 Å². The molecule has 0 bridgehead atoms. The highest BCUT2D eigenvalue weighted by atomic mass is 79.9. The minimum Gasteiger partial charge on any atom is -0.487 e. The highest BCUT2D eigenvalue weighted by Gasteiger charge is 2.08. The summed E-state index contributed by atoms with van der Waals surface area (Å²) in [6.07, 6.45) is 1.74. The molecule has 2 aromatic carbocycles. The first kappa shape index (κ1) is 13.8. The average molecular weight is 347 g/mol. The smallest absolute Gasteiger partial charge is 0.145 e. The maximum absolute atomic E-state index is 13.5. The second kappa shape index (κ2) is 5.69. The van der Waals surface area contributed by atoms with E-state index in [0.29, 0.717) is 15.9 Å². The highest BCUT2D eigenvalue weighted by molar-refractivity contribution is 9.10. The first-order valence-electron chi connectivity index (χ1n) is 6.35. The van der Waals surface area contributed by atoms with Crippen LogP contribution in [0.5, 0.6) is 5.75 Å². The summed E-state index contributed by atoms with van der Waals surface area (Å²) in [5, 5.41) is 1.04. The maximum atomic E-state index is 13.5. The van der Waals surface area contributed by atoms with Crippen molar-refractivity contribution in [2.75, 3.05) is 5.73 Å². The van der Waals surface area contributed by atoms with Crippen molar-refractivity contribution in [3.05, 3.63) is 64.5 Å². The molecular formula is C16H12BrFN2O. The number of ether oxygens (including phenoxy) is 1. The molecule has 0 radical (unpaired) electrons. The Labute approximate surface area is 129 Å². The van der Waals surface area contributed by atoms with Crippen LogP contribution in [-0.2, 0) is 6.61 Å². The molecule has 0 aliphatic carbocycles. The predicted molar refractivity (Wildman–Crippen MR) is 84.6 cm³/mol. The van der Waals surface area contributed by atoms with Gasteiger partial charge in [0.15, 0.2) is 0 Å². The first-order valence-corrected chi connectivity index (χ1v) is 7.14. The van der Waals surface area contributed by atoms with E-state index >= 15 is 0 Å². The van der Waals surface area contributed by atoms with Crippen LogP contribution in [0.2, 0.25) is 0 Å². The van der Waals surface area contributed by atoms with E-state index in [9.17, 15) is 4.39 Å². The van der Waals surface area contributed by atoms with Gasteiger partial charge in [0, 0.05) is 23.2 Å². The van der Waals surface area contributed by atoms with Crippen molar-refractivity contribution >= 4 is 32.5 Å². The van der Waals surface area contributed by atoms with E-state index < -0.39 is 5.82 Å². The molecule has 0 atom stereocenters. The summed E-state index contributed by atoms with van der Waals surface area (Å²) < 4.78 is 19.5. The number of fused-ring (bicyclic) bond motifs is 1. The Hall–Kier alpha value is -2.14. The summed E-state index contributed by atoms with van der Waals surface area (Å²) in [5.41, 5.74) is 8.01. The largest absolute Gasteiger partial charge is 0.487 e. The Balaban J connectivity index is 1.89. The van der Waals surface area contributed by atoms with Crippen molar-refractivity contribution in [3.8, 4) is 5.75 Å². The zero-order valence-electron chi connectivity index (χ0n) is 11.0. The number of benzene rings is 2. The Kier molecular flexibility index (Phi) is 3.75. The number of hydrogen-bond acceptors (Lipinski definition) is 3. The number of nitrogen functional groups attached to an aromatic ring is 1. The summed E-state index contributed by atoms with van der Waals surface area (Å²) in [6.45, 7) is 0.277. The molecule has 5 heteroatoms. The van der Waals surface area contributed by atoms with E-state index in [-0.39, 0.29) is 6.61 Å². The van der Waals surface area contributed by atoms with E-state index in [1.54, 1.807) is 6.20 Å². The lowest BCUT2D eigenvalue weighted by molar-refractivity contribution is 0.307. The summed E-state index contributed by atoms with van der Waals surface area (Å²) in [5.74, 6) is -0.0844. The Morgan fingerprint density at radius 1 is 1.19 bits per heavy atom. The van der Waals surface area contributed by atoms with Gasteiger partial charge in [-0.3, -0.25) is 4.98 Å². The Morgan fingerprint density at radius 2 is 2.00 bits per heavy atom. The van der Waals surface area contributed by atoms with Crippen molar-refractivity contribution in [1.82, 2.24) is 4.98 Å². The van der Waals surface area contributed by atoms with Crippen LogP contribution in [0.4, 0.5) is 10.1 Å². The molecule has 3 nitrogen and oxygen atoms in total. The lowest BCUT2D eigenvalue weighted by Crippen LogP contribution is -2.01. The number of rotatable bonds is 3. The van der Waals surface area contributed by atoms with Crippen LogP contribution in [-0.4, -0.2) is 4.98 Å². The minimum absolute atomic E-state index is 0.277. The molecule has 3 rings (SSSR count). The predicted octanol–water partition coefficient (Wildman–Crippen LogP) is 4.30. The van der Waals surface area contributed by atoms with Crippen LogP contribution in [0.25, 0.3) is 10.9 Å². The number of nitrogens with two attached hydrogens (primary N) is 1. The molecule has 0 amide bonds. The lowest BCUT2D eigenvalue weighted by atomic mass is 10.1. The number of halogens is 2. The fraction of sp³-hybridized carbons (Fsp3) is 0.0625. The molecule has 0 fully saturated rings. The van der Waals surface area contributed by atoms with Crippen molar-refractivity contribution in [2.45, 2.75) is 6.61 Å². The van der Waals surface area contributed by atoms with Crippen molar-refractivity contribution in [2.24, 2.45) is 0 Å². The Morgan fingerprint density at radius 3 is 2.86 bits per heavy atom. The Bertz CT molecular complexity index is 802. The van der Waals surface area contributed by atoms with Gasteiger partial charge in [-0.2, -0.15) is 0 Å². The second-order valence-corrected chi connectivity index (χ2v) is 5.44. The zero-order chi connectivity index (χ0) is 14.8. The van der Waals surface area contributed by atoms with Gasteiger partial charge < -0.3 is 10.5 Å². The molecule has 0 aliphatic rings. The summed E-state index contributed by atoms with van der Waals surface area (Å²) >= 11 is 3.09. The monoisotopic (exact) mass is 346 g/mol. The molecule has 1 aromatic heterocycles. The molecule has 0 aliphatic heterocycles. The van der Waals surface area contributed by atoms with Gasteiger partial charge in [-0.25, -0.2) is 4.39 Å². The third-order valence-electron chi connectivity index (χ3n) is 3.15. The molecule has 21 heavy (non-hydrogen) atoms. The van der Waals surface area contributed by atoms with E-state index in [2.05, 4.69) is 20.9 Å². The van der Waals surface area contributed by atoms with Crippen molar-refractivity contribution < 1.29 is 9.13 Å². The third kappa shape index (κ3) is 2.83. The zero-order valence-corrected chi connectivity index (χ0v) is 12.6. The molecule has 0 saturated heterocycles. The SMILES string of the molecule is Nc1cc(Br)c(F)cc1OCc1cccc2cccnc12. The molecule has 0 spiro atoms. The molecule has 106 valence electrons. The van der Waals surface area contributed by atoms with Crippen molar-refractivity contribution in [3.63, 3.8) is 0 Å². The quantitative estimate of drug-likeness (QED) is 0.719. The summed E-state index contributed by atoms with van der Waals surface area (Å²) in [6, 6.07) is 12.5. The number of nitrogens with zero attached hydrogens (tertiary/aromatic N) is 1. The fourth-order valence-electron chi connectivity index (χ4n) is 2.11. The van der Waals surface area contributed by atoms with Crippen LogP contribution in [0.3, 0.4) is 0 Å². The van der Waals surface area contributed by atoms with Crippen LogP contribution in [0.15, 0.2) is 53.1 Å². The molecule has 0 unspecified atom stereocenters. The van der Waals surface area contributed by atoms with E-state index in [1.165, 1.54) is 12.1 Å². The second-order valence-electron chi connectivity index (χ2n) is 4.59. The van der Waals surface area contributed by atoms with Gasteiger partial charge in [0.2, 0.25) is 0 Å². The lowest BCUT2D eigenvalue weighted by Gasteiger charge is -2.11. The maximum Gasteiger partial charge on any atom is 0.145 e. The van der Waals surface area contributed by atoms with Gasteiger partial charge in [-0.1, -0.05) is 24.3 Å². The van der Waals surface area contributed by atoms with Crippen LogP contribution >= 0.6 is 15.9 Å². The van der Waals surface area contributed by atoms with Gasteiger partial charge in [0.05, 0.1) is 15.7 Å². The standard InChI is InChI=1S/C16H12BrFN2O/c17-12-7-14(19)15(8-13(12)18)21-9-11-4-1-3-10-5-2-6-20-16(10)11/h1-8H,9,19H2. The molecule has 0 saturated carbocycles. The fourth-order valence-corrected chi connectivity index (χ4v) is 2.47. The van der Waals surface area contributed by atoms with E-state index in [4.69, 9.17) is 10.5 Å². The molecule has 1 heterocycles. The first-order chi connectivity index (χ1) is 10.1. The van der Waals surface area contributed by atoms with Gasteiger partial charge >= 0.3 is 0 Å². The highest BCUT2D eigenvalue weighted by Crippen LogP contribution is 2.29. The normalized spacial score (nSPS) is 10.8. The molecular weight excluding hydrogens is 335 g/mol. The number of anilines is 1. The molecule has 2 N–H and O–H groups in total. The number of para-hydroxylation sites is 1. The van der Waals surface area contributed by atoms with E-state index in [0.717, 1.165) is 16.5 Å². The minimum atomic E-state index is -0.407. The number of pyridine rings is 1.